The standard InChI is InChI=1S/C14H16N4/c1-14-4-3-9(6-14)11-5-12(16-17-13(11)14)10-7-15-18(2)8-10/h5,7-9H,3-4,6H2,1-2H3/t9-,14+/m1/s1. The zero-order valence-electron chi connectivity index (χ0n) is 10.7. The lowest BCUT2D eigenvalue weighted by Gasteiger charge is -2.21. The minimum absolute atomic E-state index is 0.292. The molecular formula is C14H16N4. The minimum Gasteiger partial charge on any atom is -0.275 e. The molecule has 2 aliphatic carbocycles. The molecule has 92 valence electrons. The summed E-state index contributed by atoms with van der Waals surface area (Å²) < 4.78 is 1.80. The van der Waals surface area contributed by atoms with E-state index >= 15 is 0 Å². The Labute approximate surface area is 106 Å². The van der Waals surface area contributed by atoms with Crippen molar-refractivity contribution in [3.63, 3.8) is 0 Å². The molecule has 0 N–H and O–H groups in total. The van der Waals surface area contributed by atoms with Gasteiger partial charge in [0.05, 0.1) is 17.6 Å². The second-order valence-corrected chi connectivity index (χ2v) is 5.94. The molecule has 1 saturated carbocycles. The van der Waals surface area contributed by atoms with Gasteiger partial charge in [0.2, 0.25) is 0 Å². The Balaban J connectivity index is 1.84. The van der Waals surface area contributed by atoms with Crippen LogP contribution in [0.3, 0.4) is 0 Å². The van der Waals surface area contributed by atoms with Gasteiger partial charge in [-0.3, -0.25) is 4.68 Å². The molecule has 2 atom stereocenters. The van der Waals surface area contributed by atoms with Crippen LogP contribution >= 0.6 is 0 Å². The Hall–Kier alpha value is -1.71. The predicted octanol–water partition coefficient (Wildman–Crippen LogP) is 2.42. The maximum atomic E-state index is 4.51. The molecule has 2 aromatic rings. The van der Waals surface area contributed by atoms with E-state index in [1.807, 2.05) is 19.4 Å². The first-order valence-corrected chi connectivity index (χ1v) is 6.53. The van der Waals surface area contributed by atoms with Crippen molar-refractivity contribution in [2.45, 2.75) is 37.5 Å². The molecule has 0 saturated heterocycles. The summed E-state index contributed by atoms with van der Waals surface area (Å²) in [7, 11) is 1.92. The van der Waals surface area contributed by atoms with E-state index in [2.05, 4.69) is 28.3 Å². The van der Waals surface area contributed by atoms with Crippen LogP contribution in [0.25, 0.3) is 11.3 Å². The van der Waals surface area contributed by atoms with Gasteiger partial charge in [-0.05, 0) is 36.8 Å². The number of aromatic nitrogens is 4. The van der Waals surface area contributed by atoms with Gasteiger partial charge in [0.25, 0.3) is 0 Å². The van der Waals surface area contributed by atoms with Gasteiger partial charge in [0.1, 0.15) is 0 Å². The van der Waals surface area contributed by atoms with Crippen molar-refractivity contribution in [2.24, 2.45) is 7.05 Å². The van der Waals surface area contributed by atoms with E-state index in [9.17, 15) is 0 Å². The van der Waals surface area contributed by atoms with Crippen LogP contribution in [0.2, 0.25) is 0 Å². The van der Waals surface area contributed by atoms with Crippen molar-refractivity contribution >= 4 is 0 Å². The zero-order valence-corrected chi connectivity index (χ0v) is 10.7. The normalized spacial score (nSPS) is 28.7. The molecule has 4 rings (SSSR count). The first kappa shape index (κ1) is 10.2. The van der Waals surface area contributed by atoms with Crippen molar-refractivity contribution in [1.29, 1.82) is 0 Å². The Bertz CT molecular complexity index is 630. The Morgan fingerprint density at radius 3 is 3.06 bits per heavy atom. The fourth-order valence-electron chi connectivity index (χ4n) is 3.60. The highest BCUT2D eigenvalue weighted by molar-refractivity contribution is 5.59. The second kappa shape index (κ2) is 3.19. The highest BCUT2D eigenvalue weighted by Gasteiger charge is 2.47. The van der Waals surface area contributed by atoms with Crippen molar-refractivity contribution in [3.05, 3.63) is 29.7 Å². The van der Waals surface area contributed by atoms with E-state index in [1.54, 1.807) is 4.68 Å². The van der Waals surface area contributed by atoms with Crippen LogP contribution < -0.4 is 0 Å². The number of hydrogen-bond acceptors (Lipinski definition) is 3. The summed E-state index contributed by atoms with van der Waals surface area (Å²) >= 11 is 0. The van der Waals surface area contributed by atoms with Crippen LogP contribution in [-0.4, -0.2) is 20.0 Å². The van der Waals surface area contributed by atoms with Gasteiger partial charge in [0.15, 0.2) is 0 Å². The molecule has 0 aromatic carbocycles. The first-order chi connectivity index (χ1) is 8.66. The molecule has 0 unspecified atom stereocenters. The van der Waals surface area contributed by atoms with Crippen molar-refractivity contribution < 1.29 is 0 Å². The van der Waals surface area contributed by atoms with Gasteiger partial charge < -0.3 is 0 Å². The molecule has 4 heteroatoms. The van der Waals surface area contributed by atoms with Crippen LogP contribution in [0.1, 0.15) is 43.4 Å². The number of fused-ring (bicyclic) bond motifs is 5. The summed E-state index contributed by atoms with van der Waals surface area (Å²) in [5.41, 5.74) is 4.98. The minimum atomic E-state index is 0.292. The second-order valence-electron chi connectivity index (χ2n) is 5.94. The van der Waals surface area contributed by atoms with Crippen LogP contribution in [-0.2, 0) is 12.5 Å². The Morgan fingerprint density at radius 1 is 1.39 bits per heavy atom. The van der Waals surface area contributed by atoms with E-state index < -0.39 is 0 Å². The van der Waals surface area contributed by atoms with Crippen LogP contribution in [0.15, 0.2) is 18.5 Å². The third kappa shape index (κ3) is 1.23. The van der Waals surface area contributed by atoms with Gasteiger partial charge in [-0.25, -0.2) is 0 Å². The molecule has 0 radical (unpaired) electrons. The Kier molecular flexibility index (Phi) is 1.81. The molecule has 0 amide bonds. The largest absolute Gasteiger partial charge is 0.275 e. The lowest BCUT2D eigenvalue weighted by atomic mass is 9.85. The summed E-state index contributed by atoms with van der Waals surface area (Å²) in [6.45, 7) is 2.33. The highest BCUT2D eigenvalue weighted by atomic mass is 15.2. The fourth-order valence-corrected chi connectivity index (χ4v) is 3.60. The van der Waals surface area contributed by atoms with Gasteiger partial charge in [0, 0.05) is 24.2 Å². The fraction of sp³-hybridized carbons (Fsp3) is 0.500. The molecule has 18 heavy (non-hydrogen) atoms. The number of aryl methyl sites for hydroxylation is 1. The number of rotatable bonds is 1. The van der Waals surface area contributed by atoms with E-state index in [1.165, 1.54) is 30.5 Å². The maximum Gasteiger partial charge on any atom is 0.0964 e. The number of nitrogens with zero attached hydrogens (tertiary/aromatic N) is 4. The average Bonchev–Trinajstić information content (AvgIpc) is 3.02. The molecule has 0 aliphatic heterocycles. The molecule has 2 bridgehead atoms. The molecule has 1 fully saturated rings. The third-order valence-electron chi connectivity index (χ3n) is 4.58. The molecule has 2 heterocycles. The summed E-state index contributed by atoms with van der Waals surface area (Å²) in [4.78, 5) is 0. The quantitative estimate of drug-likeness (QED) is 0.769. The van der Waals surface area contributed by atoms with Crippen LogP contribution in [0.5, 0.6) is 0 Å². The smallest absolute Gasteiger partial charge is 0.0964 e. The van der Waals surface area contributed by atoms with E-state index in [4.69, 9.17) is 0 Å². The highest BCUT2D eigenvalue weighted by Crippen LogP contribution is 2.56. The monoisotopic (exact) mass is 240 g/mol. The molecular weight excluding hydrogens is 224 g/mol. The molecule has 0 spiro atoms. The molecule has 4 nitrogen and oxygen atoms in total. The van der Waals surface area contributed by atoms with Crippen molar-refractivity contribution in [3.8, 4) is 11.3 Å². The first-order valence-electron chi connectivity index (χ1n) is 6.53. The maximum absolute atomic E-state index is 4.51. The molecule has 2 aliphatic rings. The number of hydrogen-bond donors (Lipinski definition) is 0. The SMILES string of the molecule is Cn1cc(-c2cc3c(nn2)[C@@]2(C)CC[C@@H]3C2)cn1. The van der Waals surface area contributed by atoms with E-state index in [0.29, 0.717) is 11.3 Å². The van der Waals surface area contributed by atoms with Gasteiger partial charge in [-0.2, -0.15) is 15.3 Å². The summed E-state index contributed by atoms with van der Waals surface area (Å²) in [6.07, 6.45) is 7.68. The topological polar surface area (TPSA) is 43.6 Å². The van der Waals surface area contributed by atoms with Crippen LogP contribution in [0, 0.1) is 0 Å². The summed E-state index contributed by atoms with van der Waals surface area (Å²) in [6, 6.07) is 2.23. The lowest BCUT2D eigenvalue weighted by Crippen LogP contribution is -2.18. The van der Waals surface area contributed by atoms with Crippen molar-refractivity contribution in [1.82, 2.24) is 20.0 Å². The zero-order chi connectivity index (χ0) is 12.3. The van der Waals surface area contributed by atoms with Gasteiger partial charge in [-0.1, -0.05) is 6.92 Å². The van der Waals surface area contributed by atoms with Crippen LogP contribution in [0.4, 0.5) is 0 Å². The van der Waals surface area contributed by atoms with Gasteiger partial charge >= 0.3 is 0 Å². The lowest BCUT2D eigenvalue weighted by molar-refractivity contribution is 0.484. The Morgan fingerprint density at radius 2 is 2.28 bits per heavy atom. The third-order valence-corrected chi connectivity index (χ3v) is 4.58. The summed E-state index contributed by atoms with van der Waals surface area (Å²) in [5, 5.41) is 13.1. The predicted molar refractivity (Wildman–Crippen MR) is 68.2 cm³/mol. The average molecular weight is 240 g/mol. The molecule has 2 aromatic heterocycles. The summed E-state index contributed by atoms with van der Waals surface area (Å²) in [5.74, 6) is 0.705. The van der Waals surface area contributed by atoms with E-state index in [0.717, 1.165) is 11.3 Å². The van der Waals surface area contributed by atoms with Crippen molar-refractivity contribution in [2.75, 3.05) is 0 Å². The van der Waals surface area contributed by atoms with E-state index in [-0.39, 0.29) is 0 Å². The van der Waals surface area contributed by atoms with Gasteiger partial charge in [-0.15, -0.1) is 0 Å².